The summed E-state index contributed by atoms with van der Waals surface area (Å²) in [6.07, 6.45) is 1.48. The van der Waals surface area contributed by atoms with Gasteiger partial charge in [-0.05, 0) is 5.56 Å². The number of nitrogens with zero attached hydrogens (tertiary/aromatic N) is 4. The summed E-state index contributed by atoms with van der Waals surface area (Å²) in [6.45, 7) is 0.679. The van der Waals surface area contributed by atoms with Gasteiger partial charge in [0, 0.05) is 5.56 Å². The van der Waals surface area contributed by atoms with Gasteiger partial charge < -0.3 is 10.3 Å². The number of rotatable bonds is 3. The van der Waals surface area contributed by atoms with E-state index < -0.39 is 0 Å². The molecule has 0 aliphatic carbocycles. The molecule has 112 valence electrons. The van der Waals surface area contributed by atoms with Crippen LogP contribution >= 0.6 is 0 Å². The summed E-state index contributed by atoms with van der Waals surface area (Å²) in [4.78, 5) is 13.1. The van der Waals surface area contributed by atoms with Crippen molar-refractivity contribution in [2.45, 2.75) is 6.54 Å². The van der Waals surface area contributed by atoms with Crippen LogP contribution in [0.2, 0.25) is 0 Å². The van der Waals surface area contributed by atoms with Gasteiger partial charge in [-0.25, -0.2) is 15.0 Å². The molecule has 0 saturated carbocycles. The number of fused-ring (bicyclic) bond motifs is 1. The third-order valence-electron chi connectivity index (χ3n) is 3.78. The van der Waals surface area contributed by atoms with Crippen LogP contribution in [0.5, 0.6) is 0 Å². The van der Waals surface area contributed by atoms with Gasteiger partial charge in [0.05, 0.1) is 6.54 Å². The smallest absolute Gasteiger partial charge is 0.166 e. The van der Waals surface area contributed by atoms with E-state index in [2.05, 4.69) is 26.7 Å². The Morgan fingerprint density at radius 1 is 0.870 bits per heavy atom. The Bertz CT molecular complexity index is 945. The van der Waals surface area contributed by atoms with Crippen molar-refractivity contribution in [3.8, 4) is 11.4 Å². The molecule has 0 amide bonds. The van der Waals surface area contributed by atoms with E-state index in [1.165, 1.54) is 11.9 Å². The zero-order chi connectivity index (χ0) is 15.6. The Labute approximate surface area is 133 Å². The summed E-state index contributed by atoms with van der Waals surface area (Å²) in [6, 6.07) is 20.3. The van der Waals surface area contributed by atoms with E-state index >= 15 is 0 Å². The molecular formula is C18H15N5. The van der Waals surface area contributed by atoms with E-state index in [0.717, 1.165) is 17.0 Å². The molecular weight excluding hydrogens is 286 g/mol. The van der Waals surface area contributed by atoms with Gasteiger partial charge in [-0.2, -0.15) is 0 Å². The highest BCUT2D eigenvalue weighted by molar-refractivity contribution is 5.85. The Morgan fingerprint density at radius 3 is 2.30 bits per heavy atom. The molecule has 0 aliphatic heterocycles. The lowest BCUT2D eigenvalue weighted by Crippen LogP contribution is -2.03. The number of anilines is 1. The quantitative estimate of drug-likeness (QED) is 0.631. The van der Waals surface area contributed by atoms with Gasteiger partial charge in [0.2, 0.25) is 0 Å². The van der Waals surface area contributed by atoms with Crippen LogP contribution in [-0.4, -0.2) is 19.5 Å². The van der Waals surface area contributed by atoms with Gasteiger partial charge in [-0.1, -0.05) is 60.7 Å². The molecule has 0 radical (unpaired) electrons. The fourth-order valence-corrected chi connectivity index (χ4v) is 2.68. The highest BCUT2D eigenvalue weighted by Gasteiger charge is 2.16. The van der Waals surface area contributed by atoms with Crippen molar-refractivity contribution in [1.29, 1.82) is 0 Å². The highest BCUT2D eigenvalue weighted by Crippen LogP contribution is 2.26. The summed E-state index contributed by atoms with van der Waals surface area (Å²) in [5.41, 5.74) is 9.58. The monoisotopic (exact) mass is 301 g/mol. The van der Waals surface area contributed by atoms with Crippen LogP contribution in [0, 0.1) is 0 Å². The molecule has 5 nitrogen and oxygen atoms in total. The standard InChI is InChI=1S/C18H15N5/c19-16-15-18(21-12-20-16)23(11-13-7-3-1-4-8-13)17(22-15)14-9-5-2-6-10-14/h1-10,12H,11H2,(H2,19,20,21). The van der Waals surface area contributed by atoms with Crippen LogP contribution in [0.1, 0.15) is 5.56 Å². The second-order valence-corrected chi connectivity index (χ2v) is 5.30. The van der Waals surface area contributed by atoms with E-state index in [4.69, 9.17) is 10.7 Å². The maximum Gasteiger partial charge on any atom is 0.166 e. The minimum atomic E-state index is 0.402. The van der Waals surface area contributed by atoms with Crippen molar-refractivity contribution in [1.82, 2.24) is 19.5 Å². The molecule has 4 rings (SSSR count). The largest absolute Gasteiger partial charge is 0.382 e. The van der Waals surface area contributed by atoms with E-state index in [1.54, 1.807) is 0 Å². The zero-order valence-electron chi connectivity index (χ0n) is 12.4. The number of imidazole rings is 1. The van der Waals surface area contributed by atoms with Crippen molar-refractivity contribution in [2.75, 3.05) is 5.73 Å². The van der Waals surface area contributed by atoms with Gasteiger partial charge >= 0.3 is 0 Å². The normalized spacial score (nSPS) is 11.0. The molecule has 0 aliphatic rings. The summed E-state index contributed by atoms with van der Waals surface area (Å²) >= 11 is 0. The fraction of sp³-hybridized carbons (Fsp3) is 0.0556. The predicted molar refractivity (Wildman–Crippen MR) is 90.7 cm³/mol. The topological polar surface area (TPSA) is 69.6 Å². The molecule has 5 heteroatoms. The lowest BCUT2D eigenvalue weighted by Gasteiger charge is -2.09. The summed E-state index contributed by atoms with van der Waals surface area (Å²) < 4.78 is 2.08. The van der Waals surface area contributed by atoms with Crippen molar-refractivity contribution in [2.24, 2.45) is 0 Å². The van der Waals surface area contributed by atoms with Crippen LogP contribution in [0.3, 0.4) is 0 Å². The lowest BCUT2D eigenvalue weighted by atomic mass is 10.2. The van der Waals surface area contributed by atoms with Crippen LogP contribution in [0.15, 0.2) is 67.0 Å². The first kappa shape index (κ1) is 13.5. The molecule has 2 aromatic heterocycles. The first-order chi connectivity index (χ1) is 11.3. The Morgan fingerprint density at radius 2 is 1.57 bits per heavy atom. The number of nitrogen functional groups attached to an aromatic ring is 1. The molecule has 4 aromatic rings. The van der Waals surface area contributed by atoms with Crippen LogP contribution in [0.25, 0.3) is 22.6 Å². The molecule has 0 spiro atoms. The molecule has 0 unspecified atom stereocenters. The number of nitrogens with two attached hydrogens (primary N) is 1. The van der Waals surface area contributed by atoms with Crippen LogP contribution < -0.4 is 5.73 Å². The van der Waals surface area contributed by atoms with E-state index in [0.29, 0.717) is 17.9 Å². The molecule has 2 heterocycles. The first-order valence-electron chi connectivity index (χ1n) is 7.39. The second kappa shape index (κ2) is 5.53. The summed E-state index contributed by atoms with van der Waals surface area (Å²) in [7, 11) is 0. The van der Waals surface area contributed by atoms with Gasteiger partial charge in [-0.15, -0.1) is 0 Å². The lowest BCUT2D eigenvalue weighted by molar-refractivity contribution is 0.823. The molecule has 0 saturated heterocycles. The van der Waals surface area contributed by atoms with Crippen molar-refractivity contribution in [3.63, 3.8) is 0 Å². The number of hydrogen-bond donors (Lipinski definition) is 1. The predicted octanol–water partition coefficient (Wildman–Crippen LogP) is 3.12. The van der Waals surface area contributed by atoms with E-state index in [-0.39, 0.29) is 0 Å². The first-order valence-corrected chi connectivity index (χ1v) is 7.39. The number of hydrogen-bond acceptors (Lipinski definition) is 4. The second-order valence-electron chi connectivity index (χ2n) is 5.30. The third kappa shape index (κ3) is 2.42. The van der Waals surface area contributed by atoms with E-state index in [1.807, 2.05) is 48.5 Å². The van der Waals surface area contributed by atoms with Crippen LogP contribution in [0.4, 0.5) is 5.82 Å². The maximum absolute atomic E-state index is 5.98. The highest BCUT2D eigenvalue weighted by atomic mass is 15.2. The molecule has 2 aromatic carbocycles. The van der Waals surface area contributed by atoms with E-state index in [9.17, 15) is 0 Å². The molecule has 0 bridgehead atoms. The molecule has 2 N–H and O–H groups in total. The molecule has 23 heavy (non-hydrogen) atoms. The molecule has 0 fully saturated rings. The van der Waals surface area contributed by atoms with Crippen molar-refractivity contribution in [3.05, 3.63) is 72.6 Å². The summed E-state index contributed by atoms with van der Waals surface area (Å²) in [5, 5.41) is 0. The van der Waals surface area contributed by atoms with Gasteiger partial charge in [0.1, 0.15) is 12.2 Å². The Kier molecular flexibility index (Phi) is 3.24. The average Bonchev–Trinajstić information content (AvgIpc) is 2.97. The zero-order valence-corrected chi connectivity index (χ0v) is 12.4. The van der Waals surface area contributed by atoms with Gasteiger partial charge in [0.15, 0.2) is 17.0 Å². The Balaban J connectivity index is 1.94. The fourth-order valence-electron chi connectivity index (χ4n) is 2.68. The van der Waals surface area contributed by atoms with Gasteiger partial charge in [0.25, 0.3) is 0 Å². The van der Waals surface area contributed by atoms with Gasteiger partial charge in [-0.3, -0.25) is 0 Å². The maximum atomic E-state index is 5.98. The van der Waals surface area contributed by atoms with Crippen molar-refractivity contribution >= 4 is 17.0 Å². The van der Waals surface area contributed by atoms with Crippen molar-refractivity contribution < 1.29 is 0 Å². The van der Waals surface area contributed by atoms with Crippen LogP contribution in [-0.2, 0) is 6.54 Å². The average molecular weight is 301 g/mol. The minimum absolute atomic E-state index is 0.402. The molecule has 0 atom stereocenters. The number of aromatic nitrogens is 4. The number of benzene rings is 2. The Hall–Kier alpha value is -3.21. The SMILES string of the molecule is Nc1ncnc2c1nc(-c1ccccc1)n2Cc1ccccc1. The minimum Gasteiger partial charge on any atom is -0.382 e. The third-order valence-corrected chi connectivity index (χ3v) is 3.78. The summed E-state index contributed by atoms with van der Waals surface area (Å²) in [5.74, 6) is 1.25.